The van der Waals surface area contributed by atoms with Gasteiger partial charge in [-0.15, -0.1) is 0 Å². The van der Waals surface area contributed by atoms with Crippen LogP contribution in [0.15, 0.2) is 0 Å². The fraction of sp³-hybridized carbons (Fsp3) is 0.938. The molecule has 0 radical (unpaired) electrons. The molecule has 0 heterocycles. The number of nitrogens with one attached hydrogen (secondary N) is 1. The molecular formula is C16H32N2O. The SMILES string of the molecule is CCC1CCC(NC(CC(C)C)C(=O)N(C)C)CC1. The first-order valence-electron chi connectivity index (χ1n) is 7.91. The Labute approximate surface area is 119 Å². The zero-order chi connectivity index (χ0) is 14.4. The molecular weight excluding hydrogens is 236 g/mol. The Morgan fingerprint density at radius 1 is 1.21 bits per heavy atom. The molecule has 1 N–H and O–H groups in total. The van der Waals surface area contributed by atoms with Crippen LogP contribution in [-0.4, -0.2) is 37.0 Å². The number of hydrogen-bond donors (Lipinski definition) is 1. The van der Waals surface area contributed by atoms with Crippen LogP contribution in [-0.2, 0) is 4.79 Å². The topological polar surface area (TPSA) is 32.3 Å². The Balaban J connectivity index is 2.50. The van der Waals surface area contributed by atoms with E-state index in [9.17, 15) is 4.79 Å². The second kappa shape index (κ2) is 7.88. The van der Waals surface area contributed by atoms with Crippen molar-refractivity contribution in [3.63, 3.8) is 0 Å². The highest BCUT2D eigenvalue weighted by molar-refractivity contribution is 5.81. The van der Waals surface area contributed by atoms with Gasteiger partial charge in [0.25, 0.3) is 0 Å². The lowest BCUT2D eigenvalue weighted by Crippen LogP contribution is -2.49. The second-order valence-corrected chi connectivity index (χ2v) is 6.71. The number of carbonyl (C=O) groups excluding carboxylic acids is 1. The van der Waals surface area contributed by atoms with E-state index in [1.165, 1.54) is 32.1 Å². The van der Waals surface area contributed by atoms with E-state index in [4.69, 9.17) is 0 Å². The van der Waals surface area contributed by atoms with Gasteiger partial charge in [0, 0.05) is 20.1 Å². The normalized spacial score (nSPS) is 25.4. The molecule has 1 amide bonds. The minimum absolute atomic E-state index is 0.00169. The second-order valence-electron chi connectivity index (χ2n) is 6.71. The molecule has 0 saturated heterocycles. The van der Waals surface area contributed by atoms with E-state index in [1.54, 1.807) is 4.90 Å². The van der Waals surface area contributed by atoms with Crippen LogP contribution in [0, 0.1) is 11.8 Å². The molecule has 0 aromatic rings. The summed E-state index contributed by atoms with van der Waals surface area (Å²) < 4.78 is 0. The van der Waals surface area contributed by atoms with Gasteiger partial charge < -0.3 is 10.2 Å². The molecule has 1 saturated carbocycles. The van der Waals surface area contributed by atoms with Crippen LogP contribution in [0.2, 0.25) is 0 Å². The van der Waals surface area contributed by atoms with Gasteiger partial charge in [0.1, 0.15) is 0 Å². The molecule has 112 valence electrons. The summed E-state index contributed by atoms with van der Waals surface area (Å²) in [5.74, 6) is 1.69. The molecule has 1 rings (SSSR count). The number of likely N-dealkylation sites (N-methyl/N-ethyl adjacent to an activating group) is 1. The number of rotatable bonds is 6. The van der Waals surface area contributed by atoms with E-state index in [2.05, 4.69) is 26.1 Å². The fourth-order valence-electron chi connectivity index (χ4n) is 3.05. The zero-order valence-electron chi connectivity index (χ0n) is 13.4. The summed E-state index contributed by atoms with van der Waals surface area (Å²) in [4.78, 5) is 14.0. The van der Waals surface area contributed by atoms with Crippen LogP contribution in [0.5, 0.6) is 0 Å². The molecule has 1 fully saturated rings. The van der Waals surface area contributed by atoms with E-state index in [0.717, 1.165) is 12.3 Å². The van der Waals surface area contributed by atoms with Crippen molar-refractivity contribution in [3.8, 4) is 0 Å². The minimum Gasteiger partial charge on any atom is -0.347 e. The van der Waals surface area contributed by atoms with Gasteiger partial charge >= 0.3 is 0 Å². The molecule has 1 unspecified atom stereocenters. The standard InChI is InChI=1S/C16H32N2O/c1-6-13-7-9-14(10-8-13)17-15(11-12(2)3)16(19)18(4)5/h12-15,17H,6-11H2,1-5H3. The Morgan fingerprint density at radius 2 is 1.79 bits per heavy atom. The summed E-state index contributed by atoms with van der Waals surface area (Å²) in [5.41, 5.74) is 0. The molecule has 1 aliphatic carbocycles. The molecule has 0 aliphatic heterocycles. The highest BCUT2D eigenvalue weighted by Gasteiger charge is 2.27. The number of carbonyl (C=O) groups is 1. The first-order valence-corrected chi connectivity index (χ1v) is 7.91. The van der Waals surface area contributed by atoms with E-state index < -0.39 is 0 Å². The highest BCUT2D eigenvalue weighted by atomic mass is 16.2. The molecule has 3 heteroatoms. The number of nitrogens with zero attached hydrogens (tertiary/aromatic N) is 1. The van der Waals surface area contributed by atoms with Crippen molar-refractivity contribution >= 4 is 5.91 Å². The molecule has 1 aliphatic rings. The molecule has 0 aromatic carbocycles. The van der Waals surface area contributed by atoms with Crippen LogP contribution < -0.4 is 5.32 Å². The summed E-state index contributed by atoms with van der Waals surface area (Å²) in [5, 5.41) is 3.62. The van der Waals surface area contributed by atoms with E-state index in [0.29, 0.717) is 12.0 Å². The third-order valence-electron chi connectivity index (χ3n) is 4.31. The van der Waals surface area contributed by atoms with Crippen LogP contribution in [0.3, 0.4) is 0 Å². The Hall–Kier alpha value is -0.570. The molecule has 0 bridgehead atoms. The first kappa shape index (κ1) is 16.5. The smallest absolute Gasteiger partial charge is 0.239 e. The maximum atomic E-state index is 12.2. The maximum Gasteiger partial charge on any atom is 0.239 e. The van der Waals surface area contributed by atoms with Gasteiger partial charge in [-0.3, -0.25) is 4.79 Å². The van der Waals surface area contributed by atoms with Gasteiger partial charge in [-0.2, -0.15) is 0 Å². The van der Waals surface area contributed by atoms with Crippen molar-refractivity contribution in [2.45, 2.75) is 71.4 Å². The minimum atomic E-state index is -0.00169. The predicted octanol–water partition coefficient (Wildman–Crippen LogP) is 3.05. The number of amides is 1. The summed E-state index contributed by atoms with van der Waals surface area (Å²) >= 11 is 0. The molecule has 19 heavy (non-hydrogen) atoms. The van der Waals surface area contributed by atoms with Crippen LogP contribution in [0.4, 0.5) is 0 Å². The third-order valence-corrected chi connectivity index (χ3v) is 4.31. The summed E-state index contributed by atoms with van der Waals surface area (Å²) in [6, 6.07) is 0.536. The summed E-state index contributed by atoms with van der Waals surface area (Å²) in [6.07, 6.45) is 7.34. The van der Waals surface area contributed by atoms with Gasteiger partial charge in [-0.1, -0.05) is 27.2 Å². The number of hydrogen-bond acceptors (Lipinski definition) is 2. The van der Waals surface area contributed by atoms with Crippen molar-refractivity contribution in [3.05, 3.63) is 0 Å². The zero-order valence-corrected chi connectivity index (χ0v) is 13.4. The summed E-state index contributed by atoms with van der Waals surface area (Å²) in [7, 11) is 3.71. The van der Waals surface area contributed by atoms with Gasteiger partial charge in [0.05, 0.1) is 6.04 Å². The van der Waals surface area contributed by atoms with E-state index in [-0.39, 0.29) is 11.9 Å². The van der Waals surface area contributed by atoms with Crippen LogP contribution in [0.1, 0.15) is 59.3 Å². The molecule has 0 aromatic heterocycles. The quantitative estimate of drug-likeness (QED) is 0.803. The Bertz CT molecular complexity index is 268. The average Bonchev–Trinajstić information content (AvgIpc) is 2.37. The largest absolute Gasteiger partial charge is 0.347 e. The monoisotopic (exact) mass is 268 g/mol. The van der Waals surface area contributed by atoms with E-state index >= 15 is 0 Å². The van der Waals surface area contributed by atoms with Gasteiger partial charge in [-0.05, 0) is 43.9 Å². The Morgan fingerprint density at radius 3 is 2.21 bits per heavy atom. The Kier molecular flexibility index (Phi) is 6.84. The molecule has 0 spiro atoms. The van der Waals surface area contributed by atoms with Crippen LogP contribution in [0.25, 0.3) is 0 Å². The average molecular weight is 268 g/mol. The lowest BCUT2D eigenvalue weighted by Gasteiger charge is -2.33. The van der Waals surface area contributed by atoms with Gasteiger partial charge in [-0.25, -0.2) is 0 Å². The maximum absolute atomic E-state index is 12.2. The van der Waals surface area contributed by atoms with Crippen molar-refractivity contribution < 1.29 is 4.79 Å². The lowest BCUT2D eigenvalue weighted by molar-refractivity contribution is -0.131. The lowest BCUT2D eigenvalue weighted by atomic mass is 9.84. The third kappa shape index (κ3) is 5.52. The highest BCUT2D eigenvalue weighted by Crippen LogP contribution is 2.27. The van der Waals surface area contributed by atoms with Crippen molar-refractivity contribution in [2.75, 3.05) is 14.1 Å². The van der Waals surface area contributed by atoms with E-state index in [1.807, 2.05) is 14.1 Å². The van der Waals surface area contributed by atoms with Crippen LogP contribution >= 0.6 is 0 Å². The van der Waals surface area contributed by atoms with Gasteiger partial charge in [0.15, 0.2) is 0 Å². The molecule has 1 atom stereocenters. The van der Waals surface area contributed by atoms with Crippen molar-refractivity contribution in [1.82, 2.24) is 10.2 Å². The van der Waals surface area contributed by atoms with Crippen molar-refractivity contribution in [2.24, 2.45) is 11.8 Å². The van der Waals surface area contributed by atoms with Gasteiger partial charge in [0.2, 0.25) is 5.91 Å². The van der Waals surface area contributed by atoms with Crippen molar-refractivity contribution in [1.29, 1.82) is 0 Å². The first-order chi connectivity index (χ1) is 8.93. The fourth-order valence-corrected chi connectivity index (χ4v) is 3.05. The predicted molar refractivity (Wildman–Crippen MR) is 81.1 cm³/mol. The summed E-state index contributed by atoms with van der Waals surface area (Å²) in [6.45, 7) is 6.66. The molecule has 3 nitrogen and oxygen atoms in total.